The number of carboxylic acids is 1. The second-order valence-electron chi connectivity index (χ2n) is 2.60. The van der Waals surface area contributed by atoms with Crippen molar-refractivity contribution in [2.45, 2.75) is 0 Å². The van der Waals surface area contributed by atoms with Gasteiger partial charge in [-0.05, 0) is 24.3 Å². The lowest BCUT2D eigenvalue weighted by Gasteiger charge is -2.14. The van der Waals surface area contributed by atoms with Gasteiger partial charge >= 0.3 is 5.97 Å². The van der Waals surface area contributed by atoms with E-state index in [4.69, 9.17) is 5.11 Å². The first-order valence-electron chi connectivity index (χ1n) is 3.83. The number of amides is 1. The van der Waals surface area contributed by atoms with E-state index in [1.54, 1.807) is 0 Å². The molecule has 0 aliphatic rings. The molecule has 0 atom stereocenters. The van der Waals surface area contributed by atoms with E-state index < -0.39 is 18.3 Å². The van der Waals surface area contributed by atoms with E-state index in [0.29, 0.717) is 12.1 Å². The number of rotatable bonds is 4. The summed E-state index contributed by atoms with van der Waals surface area (Å²) in [5, 5.41) is 8.46. The Bertz CT molecular complexity index is 336. The molecule has 0 aliphatic heterocycles. The first-order valence-corrected chi connectivity index (χ1v) is 3.83. The Labute approximate surface area is 79.6 Å². The van der Waals surface area contributed by atoms with E-state index in [1.807, 2.05) is 0 Å². The molecule has 1 amide bonds. The van der Waals surface area contributed by atoms with Crippen molar-refractivity contribution in [3.05, 3.63) is 30.1 Å². The van der Waals surface area contributed by atoms with Gasteiger partial charge in [0.1, 0.15) is 12.4 Å². The molecule has 74 valence electrons. The van der Waals surface area contributed by atoms with Gasteiger partial charge in [0, 0.05) is 5.69 Å². The number of carboxylic acid groups (broad SMARTS) is 1. The fourth-order valence-corrected chi connectivity index (χ4v) is 0.968. The molecule has 14 heavy (non-hydrogen) atoms. The minimum atomic E-state index is -1.12. The molecular weight excluding hydrogens is 189 g/mol. The van der Waals surface area contributed by atoms with Crippen LogP contribution in [-0.2, 0) is 9.59 Å². The van der Waals surface area contributed by atoms with Crippen LogP contribution >= 0.6 is 0 Å². The average Bonchev–Trinajstić information content (AvgIpc) is 2.15. The smallest absolute Gasteiger partial charge is 0.323 e. The van der Waals surface area contributed by atoms with Gasteiger partial charge in [-0.2, -0.15) is 0 Å². The highest BCUT2D eigenvalue weighted by Crippen LogP contribution is 2.12. The minimum Gasteiger partial charge on any atom is -0.480 e. The molecule has 0 saturated carbocycles. The highest BCUT2D eigenvalue weighted by molar-refractivity contribution is 5.84. The molecule has 1 aromatic rings. The van der Waals surface area contributed by atoms with Crippen molar-refractivity contribution < 1.29 is 19.1 Å². The lowest BCUT2D eigenvalue weighted by atomic mass is 10.3. The lowest BCUT2D eigenvalue weighted by Crippen LogP contribution is -2.27. The molecule has 0 aromatic heterocycles. The second kappa shape index (κ2) is 4.36. The van der Waals surface area contributed by atoms with Crippen molar-refractivity contribution in [3.8, 4) is 0 Å². The maximum atomic E-state index is 12.5. The fourth-order valence-electron chi connectivity index (χ4n) is 0.968. The van der Waals surface area contributed by atoms with Crippen molar-refractivity contribution in [2.75, 3.05) is 11.4 Å². The number of nitrogens with zero attached hydrogens (tertiary/aromatic N) is 1. The topological polar surface area (TPSA) is 57.6 Å². The van der Waals surface area contributed by atoms with Crippen molar-refractivity contribution in [2.24, 2.45) is 0 Å². The molecule has 0 spiro atoms. The largest absolute Gasteiger partial charge is 0.480 e. The second-order valence-corrected chi connectivity index (χ2v) is 2.60. The molecule has 4 nitrogen and oxygen atoms in total. The Morgan fingerprint density at radius 3 is 2.43 bits per heavy atom. The molecule has 1 rings (SSSR count). The molecule has 0 bridgehead atoms. The van der Waals surface area contributed by atoms with Crippen LogP contribution < -0.4 is 4.90 Å². The van der Waals surface area contributed by atoms with E-state index in [-0.39, 0.29) is 0 Å². The van der Waals surface area contributed by atoms with E-state index in [0.717, 1.165) is 17.0 Å². The Hall–Kier alpha value is -1.91. The summed E-state index contributed by atoms with van der Waals surface area (Å²) < 4.78 is 12.5. The maximum absolute atomic E-state index is 12.5. The predicted molar refractivity (Wildman–Crippen MR) is 47.4 cm³/mol. The van der Waals surface area contributed by atoms with Gasteiger partial charge in [0.15, 0.2) is 0 Å². The van der Waals surface area contributed by atoms with Gasteiger partial charge in [0.25, 0.3) is 0 Å². The zero-order chi connectivity index (χ0) is 10.6. The van der Waals surface area contributed by atoms with Crippen molar-refractivity contribution in [1.82, 2.24) is 0 Å². The summed E-state index contributed by atoms with van der Waals surface area (Å²) in [7, 11) is 0. The molecule has 0 radical (unpaired) electrons. The Morgan fingerprint density at radius 1 is 1.43 bits per heavy atom. The van der Waals surface area contributed by atoms with Crippen LogP contribution in [0.3, 0.4) is 0 Å². The molecule has 0 heterocycles. The fraction of sp³-hybridized carbons (Fsp3) is 0.111. The van der Waals surface area contributed by atoms with Gasteiger partial charge in [-0.15, -0.1) is 0 Å². The molecule has 1 aromatic carbocycles. The summed E-state index contributed by atoms with van der Waals surface area (Å²) in [6, 6.07) is 5.00. The quantitative estimate of drug-likeness (QED) is 0.728. The normalized spacial score (nSPS) is 9.50. The summed E-state index contributed by atoms with van der Waals surface area (Å²) in [5.74, 6) is -1.56. The average molecular weight is 197 g/mol. The third kappa shape index (κ3) is 2.55. The highest BCUT2D eigenvalue weighted by Gasteiger charge is 2.08. The first-order chi connectivity index (χ1) is 6.63. The number of benzene rings is 1. The van der Waals surface area contributed by atoms with Crippen LogP contribution in [0.1, 0.15) is 0 Å². The van der Waals surface area contributed by atoms with E-state index >= 15 is 0 Å². The maximum Gasteiger partial charge on any atom is 0.323 e. The highest BCUT2D eigenvalue weighted by atomic mass is 19.1. The third-order valence-electron chi connectivity index (χ3n) is 1.59. The standard InChI is InChI=1S/C9H8FNO3/c10-7-1-3-8(4-2-7)11(6-12)5-9(13)14/h1-4,6H,5H2,(H,13,14). The van der Waals surface area contributed by atoms with E-state index in [1.165, 1.54) is 12.1 Å². The lowest BCUT2D eigenvalue weighted by molar-refractivity contribution is -0.136. The van der Waals surface area contributed by atoms with Crippen LogP contribution in [-0.4, -0.2) is 24.0 Å². The minimum absolute atomic E-state index is 0.351. The van der Waals surface area contributed by atoms with Crippen LogP contribution in [0.25, 0.3) is 0 Å². The third-order valence-corrected chi connectivity index (χ3v) is 1.59. The van der Waals surface area contributed by atoms with Crippen molar-refractivity contribution in [3.63, 3.8) is 0 Å². The SMILES string of the molecule is O=CN(CC(=O)O)c1ccc(F)cc1. The number of halogens is 1. The van der Waals surface area contributed by atoms with Crippen molar-refractivity contribution >= 4 is 18.1 Å². The van der Waals surface area contributed by atoms with E-state index in [9.17, 15) is 14.0 Å². The zero-order valence-corrected chi connectivity index (χ0v) is 7.18. The molecule has 0 saturated heterocycles. The molecule has 0 unspecified atom stereocenters. The van der Waals surface area contributed by atoms with Gasteiger partial charge in [-0.25, -0.2) is 4.39 Å². The van der Waals surface area contributed by atoms with Gasteiger partial charge in [0.05, 0.1) is 0 Å². The number of aliphatic carboxylic acids is 1. The van der Waals surface area contributed by atoms with Crippen LogP contribution in [0.2, 0.25) is 0 Å². The van der Waals surface area contributed by atoms with Crippen LogP contribution in [0.15, 0.2) is 24.3 Å². The van der Waals surface area contributed by atoms with Crippen LogP contribution in [0, 0.1) is 5.82 Å². The van der Waals surface area contributed by atoms with Crippen molar-refractivity contribution in [1.29, 1.82) is 0 Å². The summed E-state index contributed by atoms with van der Waals surface area (Å²) in [4.78, 5) is 21.8. The Morgan fingerprint density at radius 2 is 2.00 bits per heavy atom. The summed E-state index contributed by atoms with van der Waals surface area (Å²) >= 11 is 0. The number of carbonyl (C=O) groups is 2. The molecular formula is C9H8FNO3. The molecule has 0 fully saturated rings. The zero-order valence-electron chi connectivity index (χ0n) is 7.18. The summed E-state index contributed by atoms with van der Waals surface area (Å²) in [6.07, 6.45) is 0.390. The first kappa shape index (κ1) is 10.2. The summed E-state index contributed by atoms with van der Waals surface area (Å²) in [5.41, 5.74) is 0.351. The number of carbonyl (C=O) groups excluding carboxylic acids is 1. The van der Waals surface area contributed by atoms with Crippen LogP contribution in [0.5, 0.6) is 0 Å². The molecule has 0 aliphatic carbocycles. The molecule has 1 N–H and O–H groups in total. The van der Waals surface area contributed by atoms with Gasteiger partial charge in [-0.1, -0.05) is 0 Å². The monoisotopic (exact) mass is 197 g/mol. The summed E-state index contributed by atoms with van der Waals surface area (Å²) in [6.45, 7) is -0.435. The number of hydrogen-bond acceptors (Lipinski definition) is 2. The number of hydrogen-bond donors (Lipinski definition) is 1. The Balaban J connectivity index is 2.84. The van der Waals surface area contributed by atoms with E-state index in [2.05, 4.69) is 0 Å². The Kier molecular flexibility index (Phi) is 3.17. The number of anilines is 1. The van der Waals surface area contributed by atoms with Gasteiger partial charge in [-0.3, -0.25) is 9.59 Å². The van der Waals surface area contributed by atoms with Gasteiger partial charge in [0.2, 0.25) is 6.41 Å². The van der Waals surface area contributed by atoms with Gasteiger partial charge < -0.3 is 10.0 Å². The predicted octanol–water partition coefficient (Wildman–Crippen LogP) is 0.873. The molecule has 5 heteroatoms. The van der Waals surface area contributed by atoms with Crippen LogP contribution in [0.4, 0.5) is 10.1 Å².